The zero-order chi connectivity index (χ0) is 7.82. The van der Waals surface area contributed by atoms with Crippen LogP contribution in [0.1, 0.15) is 20.3 Å². The highest BCUT2D eigenvalue weighted by Crippen LogP contribution is 1.88. The first-order valence-electron chi connectivity index (χ1n) is 3.65. The second-order valence-corrected chi connectivity index (χ2v) is 2.01. The summed E-state index contributed by atoms with van der Waals surface area (Å²) >= 11 is 0. The molecule has 0 spiro atoms. The van der Waals surface area contributed by atoms with Gasteiger partial charge in [-0.3, -0.25) is 0 Å². The van der Waals surface area contributed by atoms with Crippen molar-refractivity contribution in [3.63, 3.8) is 0 Å². The van der Waals surface area contributed by atoms with Gasteiger partial charge >= 0.3 is 0 Å². The van der Waals surface area contributed by atoms with Gasteiger partial charge in [0.05, 0.1) is 0 Å². The van der Waals surface area contributed by atoms with Gasteiger partial charge in [-0.1, -0.05) is 6.92 Å². The molecule has 0 aliphatic carbocycles. The normalized spacial score (nSPS) is 12.4. The van der Waals surface area contributed by atoms with E-state index < -0.39 is 0 Å². The first-order valence-corrected chi connectivity index (χ1v) is 3.65. The van der Waals surface area contributed by atoms with E-state index in [2.05, 4.69) is 12.2 Å². The zero-order valence-corrected chi connectivity index (χ0v) is 6.72. The van der Waals surface area contributed by atoms with Crippen molar-refractivity contribution in [1.29, 1.82) is 0 Å². The fourth-order valence-corrected chi connectivity index (χ4v) is 0.475. The van der Waals surface area contributed by atoms with Crippen molar-refractivity contribution in [3.05, 3.63) is 24.0 Å². The summed E-state index contributed by atoms with van der Waals surface area (Å²) in [5.41, 5.74) is 6.45. The van der Waals surface area contributed by atoms with Crippen LogP contribution in [0.4, 0.5) is 0 Å². The van der Waals surface area contributed by atoms with Crippen LogP contribution < -0.4 is 11.1 Å². The molecule has 0 rings (SSSR count). The Morgan fingerprint density at radius 2 is 2.20 bits per heavy atom. The third-order valence-electron chi connectivity index (χ3n) is 1.14. The maximum atomic E-state index is 5.54. The molecule has 0 saturated carbocycles. The van der Waals surface area contributed by atoms with E-state index in [1.807, 2.05) is 25.3 Å². The average Bonchev–Trinajstić information content (AvgIpc) is 1.98. The Balaban J connectivity index is 3.49. The summed E-state index contributed by atoms with van der Waals surface area (Å²) in [4.78, 5) is 0. The number of hydrogen-bond acceptors (Lipinski definition) is 2. The molecule has 0 aromatic carbocycles. The summed E-state index contributed by atoms with van der Waals surface area (Å²) in [6.07, 6.45) is 6.63. The Bertz CT molecular complexity index is 125. The van der Waals surface area contributed by atoms with Crippen molar-refractivity contribution >= 4 is 0 Å². The lowest BCUT2D eigenvalue weighted by molar-refractivity contribution is 0.919. The van der Waals surface area contributed by atoms with Crippen molar-refractivity contribution in [3.8, 4) is 0 Å². The molecule has 0 aromatic rings. The lowest BCUT2D eigenvalue weighted by Crippen LogP contribution is -2.01. The predicted octanol–water partition coefficient (Wildman–Crippen LogP) is 1.36. The SMILES string of the molecule is CCN/C=C\C=C(/N)CC. The van der Waals surface area contributed by atoms with Crippen LogP contribution in [-0.2, 0) is 0 Å². The van der Waals surface area contributed by atoms with Gasteiger partial charge in [0, 0.05) is 12.2 Å². The third kappa shape index (κ3) is 5.22. The fourth-order valence-electron chi connectivity index (χ4n) is 0.475. The summed E-state index contributed by atoms with van der Waals surface area (Å²) in [7, 11) is 0. The molecule has 2 heteroatoms. The van der Waals surface area contributed by atoms with Crippen LogP contribution in [0.25, 0.3) is 0 Å². The highest BCUT2D eigenvalue weighted by atomic mass is 14.8. The Hall–Kier alpha value is -0.920. The summed E-state index contributed by atoms with van der Waals surface area (Å²) in [5, 5.41) is 3.05. The number of nitrogens with one attached hydrogen (secondary N) is 1. The van der Waals surface area contributed by atoms with Crippen LogP contribution in [0.15, 0.2) is 24.0 Å². The van der Waals surface area contributed by atoms with Gasteiger partial charge in [0.2, 0.25) is 0 Å². The molecule has 2 nitrogen and oxygen atoms in total. The number of rotatable bonds is 4. The van der Waals surface area contributed by atoms with Gasteiger partial charge in [-0.2, -0.15) is 0 Å². The maximum Gasteiger partial charge on any atom is 0.0113 e. The minimum atomic E-state index is 0.911. The number of hydrogen-bond donors (Lipinski definition) is 2. The molecule has 0 saturated heterocycles. The van der Waals surface area contributed by atoms with Crippen LogP contribution in [0.3, 0.4) is 0 Å². The summed E-state index contributed by atoms with van der Waals surface area (Å²) in [6.45, 7) is 5.04. The van der Waals surface area contributed by atoms with Gasteiger partial charge in [0.1, 0.15) is 0 Å². The standard InChI is InChI=1S/C8H16N2/c1-3-8(9)6-5-7-10-4-2/h5-7,10H,3-4,9H2,1-2H3/b7-5-,8-6-. The van der Waals surface area contributed by atoms with Gasteiger partial charge < -0.3 is 11.1 Å². The summed E-state index contributed by atoms with van der Waals surface area (Å²) < 4.78 is 0. The monoisotopic (exact) mass is 140 g/mol. The summed E-state index contributed by atoms with van der Waals surface area (Å²) in [6, 6.07) is 0. The van der Waals surface area contributed by atoms with Crippen molar-refractivity contribution in [2.24, 2.45) is 5.73 Å². The van der Waals surface area contributed by atoms with Crippen molar-refractivity contribution in [1.82, 2.24) is 5.32 Å². The zero-order valence-electron chi connectivity index (χ0n) is 6.72. The molecule has 0 atom stereocenters. The van der Waals surface area contributed by atoms with Gasteiger partial charge in [0.25, 0.3) is 0 Å². The molecule has 3 N–H and O–H groups in total. The molecular weight excluding hydrogens is 124 g/mol. The first-order chi connectivity index (χ1) is 4.81. The van der Waals surface area contributed by atoms with E-state index in [1.54, 1.807) is 0 Å². The Morgan fingerprint density at radius 3 is 2.70 bits per heavy atom. The fraction of sp³-hybridized carbons (Fsp3) is 0.500. The second-order valence-electron chi connectivity index (χ2n) is 2.01. The maximum absolute atomic E-state index is 5.54. The molecule has 58 valence electrons. The molecule has 0 fully saturated rings. The quantitative estimate of drug-likeness (QED) is 0.579. The first kappa shape index (κ1) is 9.08. The van der Waals surface area contributed by atoms with E-state index in [1.165, 1.54) is 0 Å². The number of nitrogens with two attached hydrogens (primary N) is 1. The molecule has 0 aromatic heterocycles. The third-order valence-corrected chi connectivity index (χ3v) is 1.14. The van der Waals surface area contributed by atoms with Crippen LogP contribution >= 0.6 is 0 Å². The van der Waals surface area contributed by atoms with E-state index in [0.29, 0.717) is 0 Å². The highest BCUT2D eigenvalue weighted by molar-refractivity contribution is 5.08. The van der Waals surface area contributed by atoms with Crippen molar-refractivity contribution in [2.45, 2.75) is 20.3 Å². The number of allylic oxidation sites excluding steroid dienone is 3. The molecular formula is C8H16N2. The molecule has 0 bridgehead atoms. The Morgan fingerprint density at radius 1 is 1.50 bits per heavy atom. The summed E-state index contributed by atoms with van der Waals surface area (Å²) in [5.74, 6) is 0. The minimum absolute atomic E-state index is 0.911. The van der Waals surface area contributed by atoms with Crippen LogP contribution in [0.5, 0.6) is 0 Å². The molecule has 0 heterocycles. The largest absolute Gasteiger partial charge is 0.402 e. The molecule has 0 aliphatic rings. The second kappa shape index (κ2) is 6.20. The molecule has 10 heavy (non-hydrogen) atoms. The minimum Gasteiger partial charge on any atom is -0.402 e. The topological polar surface area (TPSA) is 38.0 Å². The van der Waals surface area contributed by atoms with Gasteiger partial charge in [-0.15, -0.1) is 0 Å². The van der Waals surface area contributed by atoms with Gasteiger partial charge in [0.15, 0.2) is 0 Å². The van der Waals surface area contributed by atoms with Gasteiger partial charge in [-0.05, 0) is 31.7 Å². The van der Waals surface area contributed by atoms with E-state index >= 15 is 0 Å². The lowest BCUT2D eigenvalue weighted by Gasteiger charge is -1.91. The van der Waals surface area contributed by atoms with E-state index in [-0.39, 0.29) is 0 Å². The average molecular weight is 140 g/mol. The van der Waals surface area contributed by atoms with Gasteiger partial charge in [-0.25, -0.2) is 0 Å². The smallest absolute Gasteiger partial charge is 0.0113 e. The lowest BCUT2D eigenvalue weighted by atomic mass is 10.3. The molecule has 0 amide bonds. The van der Waals surface area contributed by atoms with Crippen molar-refractivity contribution in [2.75, 3.05) is 6.54 Å². The Labute approximate surface area is 62.8 Å². The van der Waals surface area contributed by atoms with E-state index in [4.69, 9.17) is 5.73 Å². The van der Waals surface area contributed by atoms with Crippen LogP contribution in [0.2, 0.25) is 0 Å². The van der Waals surface area contributed by atoms with Crippen molar-refractivity contribution < 1.29 is 0 Å². The molecule has 0 unspecified atom stereocenters. The van der Waals surface area contributed by atoms with E-state index in [9.17, 15) is 0 Å². The molecule has 0 aliphatic heterocycles. The Kier molecular flexibility index (Phi) is 5.63. The predicted molar refractivity (Wildman–Crippen MR) is 45.4 cm³/mol. The highest BCUT2D eigenvalue weighted by Gasteiger charge is 1.77. The molecule has 0 radical (unpaired) electrons. The van der Waals surface area contributed by atoms with Crippen LogP contribution in [0, 0.1) is 0 Å². The van der Waals surface area contributed by atoms with Crippen LogP contribution in [-0.4, -0.2) is 6.54 Å². The van der Waals surface area contributed by atoms with E-state index in [0.717, 1.165) is 18.7 Å².